The van der Waals surface area contributed by atoms with Crippen LogP contribution in [0.2, 0.25) is 0 Å². The van der Waals surface area contributed by atoms with Crippen LogP contribution in [0.5, 0.6) is 0 Å². The van der Waals surface area contributed by atoms with E-state index in [0.717, 1.165) is 0 Å². The molecule has 0 amide bonds. The molecule has 0 fully saturated rings. The molecule has 2 N–H and O–H groups in total. The zero-order valence-electron chi connectivity index (χ0n) is 5.13. The van der Waals surface area contributed by atoms with Crippen LogP contribution in [0.4, 0.5) is 8.78 Å². The number of halogens is 2. The molecule has 3 nitrogen and oxygen atoms in total. The molecule has 0 aromatic rings. The summed E-state index contributed by atoms with van der Waals surface area (Å²) in [6, 6.07) is 0. The van der Waals surface area contributed by atoms with Gasteiger partial charge in [0.05, 0.1) is 12.8 Å². The first kappa shape index (κ1) is 9.29. The third-order valence-corrected chi connectivity index (χ3v) is 0.979. The van der Waals surface area contributed by atoms with Crippen LogP contribution in [-0.4, -0.2) is 35.1 Å². The maximum atomic E-state index is 12.1. The molecule has 0 radical (unpaired) electrons. The number of aliphatic hydroxyl groups excluding tert-OH is 1. The number of carbonyl (C=O) groups is 1. The van der Waals surface area contributed by atoms with Crippen LogP contribution < -0.4 is 0 Å². The third-order valence-electron chi connectivity index (χ3n) is 0.979. The van der Waals surface area contributed by atoms with Crippen molar-refractivity contribution in [3.63, 3.8) is 0 Å². The van der Waals surface area contributed by atoms with E-state index in [2.05, 4.69) is 0 Å². The van der Waals surface area contributed by atoms with E-state index in [4.69, 9.17) is 10.2 Å². The van der Waals surface area contributed by atoms with Gasteiger partial charge in [0.15, 0.2) is 0 Å². The van der Waals surface area contributed by atoms with Gasteiger partial charge >= 0.3 is 5.97 Å². The summed E-state index contributed by atoms with van der Waals surface area (Å²) in [6.45, 7) is -0.922. The summed E-state index contributed by atoms with van der Waals surface area (Å²) < 4.78 is 23.4. The Hall–Kier alpha value is -0.710. The Morgan fingerprint density at radius 1 is 1.60 bits per heavy atom. The van der Waals surface area contributed by atoms with Gasteiger partial charge in [0.25, 0.3) is 0 Å². The summed E-state index contributed by atoms with van der Waals surface area (Å²) in [6.07, 6.45) is -4.59. The predicted octanol–water partition coefficient (Wildman–Crippen LogP) is 0.130. The van der Waals surface area contributed by atoms with E-state index in [1.807, 2.05) is 0 Å². The van der Waals surface area contributed by atoms with E-state index in [9.17, 15) is 13.6 Å². The molecule has 0 saturated heterocycles. The Labute approximate surface area is 56.3 Å². The van der Waals surface area contributed by atoms with Crippen LogP contribution in [0.25, 0.3) is 0 Å². The number of alkyl halides is 2. The van der Waals surface area contributed by atoms with Crippen LogP contribution in [0.15, 0.2) is 0 Å². The maximum absolute atomic E-state index is 12.1. The second kappa shape index (κ2) is 4.16. The quantitative estimate of drug-likeness (QED) is 0.605. The highest BCUT2D eigenvalue weighted by molar-refractivity contribution is 5.72. The normalized spacial score (nSPS) is 16.3. The van der Waals surface area contributed by atoms with Crippen molar-refractivity contribution in [1.29, 1.82) is 0 Å². The van der Waals surface area contributed by atoms with Crippen molar-refractivity contribution in [2.24, 2.45) is 0 Å². The first-order chi connectivity index (χ1) is 4.59. The summed E-state index contributed by atoms with van der Waals surface area (Å²) in [5.74, 6) is -1.76. The van der Waals surface area contributed by atoms with Crippen molar-refractivity contribution in [3.8, 4) is 0 Å². The van der Waals surface area contributed by atoms with E-state index in [1.54, 1.807) is 0 Å². The van der Waals surface area contributed by atoms with Crippen molar-refractivity contribution in [1.82, 2.24) is 0 Å². The zero-order chi connectivity index (χ0) is 8.15. The highest BCUT2D eigenvalue weighted by Crippen LogP contribution is 2.03. The minimum Gasteiger partial charge on any atom is -0.479 e. The van der Waals surface area contributed by atoms with E-state index >= 15 is 0 Å². The smallest absolute Gasteiger partial charge is 0.341 e. The lowest BCUT2D eigenvalue weighted by Gasteiger charge is -2.08. The predicted molar refractivity (Wildman–Crippen MR) is 29.1 cm³/mol. The molecule has 0 aliphatic heterocycles. The summed E-state index contributed by atoms with van der Waals surface area (Å²) in [5.41, 5.74) is 0. The number of rotatable bonds is 4. The van der Waals surface area contributed by atoms with E-state index in [0.29, 0.717) is 0 Å². The molecule has 2 atom stereocenters. The second-order valence-corrected chi connectivity index (χ2v) is 1.79. The van der Waals surface area contributed by atoms with Gasteiger partial charge in [0.2, 0.25) is 6.17 Å². The topological polar surface area (TPSA) is 57.5 Å². The Kier molecular flexibility index (Phi) is 3.87. The molecule has 0 spiro atoms. The lowest BCUT2D eigenvalue weighted by molar-refractivity contribution is -0.147. The molecule has 10 heavy (non-hydrogen) atoms. The van der Waals surface area contributed by atoms with Crippen molar-refractivity contribution in [2.75, 3.05) is 6.67 Å². The minimum absolute atomic E-state index is 0.479. The van der Waals surface area contributed by atoms with Crippen molar-refractivity contribution in [2.45, 2.75) is 18.7 Å². The zero-order valence-corrected chi connectivity index (χ0v) is 5.13. The van der Waals surface area contributed by atoms with Gasteiger partial charge in [-0.3, -0.25) is 4.39 Å². The lowest BCUT2D eigenvalue weighted by Crippen LogP contribution is -2.30. The Morgan fingerprint density at radius 2 is 2.10 bits per heavy atom. The van der Waals surface area contributed by atoms with Crippen LogP contribution >= 0.6 is 0 Å². The average Bonchev–Trinajstić information content (AvgIpc) is 1.87. The molecular weight excluding hydrogens is 146 g/mol. The van der Waals surface area contributed by atoms with E-state index in [-0.39, 0.29) is 0 Å². The summed E-state index contributed by atoms with van der Waals surface area (Å²) in [4.78, 5) is 9.76. The highest BCUT2D eigenvalue weighted by Gasteiger charge is 2.24. The van der Waals surface area contributed by atoms with E-state index in [1.165, 1.54) is 0 Å². The summed E-state index contributed by atoms with van der Waals surface area (Å²) in [7, 11) is 0. The largest absolute Gasteiger partial charge is 0.479 e. The van der Waals surface area contributed by atoms with Gasteiger partial charge in [0, 0.05) is 6.42 Å². The molecule has 0 bridgehead atoms. The van der Waals surface area contributed by atoms with Crippen LogP contribution in [0.1, 0.15) is 6.42 Å². The number of hydrogen-bond donors (Lipinski definition) is 2. The van der Waals surface area contributed by atoms with Gasteiger partial charge in [-0.05, 0) is 0 Å². The van der Waals surface area contributed by atoms with Crippen LogP contribution in [0.3, 0.4) is 0 Å². The Morgan fingerprint density at radius 3 is 2.40 bits per heavy atom. The van der Waals surface area contributed by atoms with Gasteiger partial charge < -0.3 is 10.2 Å². The number of aliphatic carboxylic acids is 1. The second-order valence-electron chi connectivity index (χ2n) is 1.79. The monoisotopic (exact) mass is 154 g/mol. The fourth-order valence-electron chi connectivity index (χ4n) is 0.423. The molecule has 0 aromatic heterocycles. The molecule has 0 heterocycles. The van der Waals surface area contributed by atoms with Crippen molar-refractivity contribution in [3.05, 3.63) is 0 Å². The molecule has 0 aliphatic carbocycles. The van der Waals surface area contributed by atoms with Gasteiger partial charge in [-0.25, -0.2) is 9.18 Å². The Bertz CT molecular complexity index is 117. The number of aliphatic hydroxyl groups is 1. The number of hydrogen-bond acceptors (Lipinski definition) is 2. The maximum Gasteiger partial charge on any atom is 0.341 e. The van der Waals surface area contributed by atoms with Gasteiger partial charge in [-0.1, -0.05) is 0 Å². The fourth-order valence-corrected chi connectivity index (χ4v) is 0.423. The highest BCUT2D eigenvalue weighted by atomic mass is 19.1. The molecule has 2 unspecified atom stereocenters. The first-order valence-corrected chi connectivity index (χ1v) is 2.70. The molecule has 60 valence electrons. The van der Waals surface area contributed by atoms with Crippen molar-refractivity contribution < 1.29 is 23.8 Å². The van der Waals surface area contributed by atoms with Crippen LogP contribution in [0, 0.1) is 0 Å². The Balaban J connectivity index is 3.69. The molecule has 0 saturated carbocycles. The lowest BCUT2D eigenvalue weighted by atomic mass is 10.2. The summed E-state index contributed by atoms with van der Waals surface area (Å²) >= 11 is 0. The molecule has 0 aliphatic rings. The molecule has 0 rings (SSSR count). The molecular formula is C5H8F2O3. The minimum atomic E-state index is -2.38. The summed E-state index contributed by atoms with van der Waals surface area (Å²) in [5, 5.41) is 16.4. The fraction of sp³-hybridized carbons (Fsp3) is 0.800. The standard InChI is InChI=1S/C5H8F2O3/c6-2-1-3(8)4(7)5(9)10/h3-4,8H,1-2H2,(H,9,10). The average molecular weight is 154 g/mol. The van der Waals surface area contributed by atoms with Crippen molar-refractivity contribution >= 4 is 5.97 Å². The van der Waals surface area contributed by atoms with Gasteiger partial charge in [-0.15, -0.1) is 0 Å². The molecule has 0 aromatic carbocycles. The SMILES string of the molecule is O=C(O)C(F)C(O)CCF. The van der Waals surface area contributed by atoms with E-state index < -0.39 is 31.3 Å². The van der Waals surface area contributed by atoms with Gasteiger partial charge in [-0.2, -0.15) is 0 Å². The van der Waals surface area contributed by atoms with Crippen LogP contribution in [-0.2, 0) is 4.79 Å². The first-order valence-electron chi connectivity index (χ1n) is 2.70. The number of carboxylic acid groups (broad SMARTS) is 1. The third kappa shape index (κ3) is 2.72. The van der Waals surface area contributed by atoms with Gasteiger partial charge in [0.1, 0.15) is 0 Å². The number of carboxylic acids is 1. The molecule has 5 heteroatoms.